The minimum absolute atomic E-state index is 0.0617. The fourth-order valence-corrected chi connectivity index (χ4v) is 3.88. The lowest BCUT2D eigenvalue weighted by Crippen LogP contribution is -2.41. The second kappa shape index (κ2) is 8.35. The number of fused-ring (bicyclic) bond motifs is 2. The number of para-hydroxylation sites is 1. The van der Waals surface area contributed by atoms with Gasteiger partial charge in [0.25, 0.3) is 17.7 Å². The summed E-state index contributed by atoms with van der Waals surface area (Å²) in [6.07, 6.45) is 2.44. The number of amides is 3. The van der Waals surface area contributed by atoms with Crippen LogP contribution in [0.25, 0.3) is 10.9 Å². The van der Waals surface area contributed by atoms with E-state index in [-0.39, 0.29) is 48.1 Å². The molecular weight excluding hydrogens is 394 g/mol. The van der Waals surface area contributed by atoms with Crippen LogP contribution < -0.4 is 5.32 Å². The second-order valence-corrected chi connectivity index (χ2v) is 8.14. The van der Waals surface area contributed by atoms with Gasteiger partial charge in [-0.25, -0.2) is 0 Å². The predicted octanol–water partition coefficient (Wildman–Crippen LogP) is 2.75. The largest absolute Gasteiger partial charge is 0.394 e. The van der Waals surface area contributed by atoms with Gasteiger partial charge < -0.3 is 15.4 Å². The van der Waals surface area contributed by atoms with Crippen molar-refractivity contribution >= 4 is 28.6 Å². The van der Waals surface area contributed by atoms with Crippen molar-refractivity contribution in [3.63, 3.8) is 0 Å². The van der Waals surface area contributed by atoms with Gasteiger partial charge in [0.2, 0.25) is 0 Å². The van der Waals surface area contributed by atoms with Crippen molar-refractivity contribution in [2.75, 3.05) is 13.2 Å². The molecule has 3 N–H and O–H groups in total. The van der Waals surface area contributed by atoms with Crippen LogP contribution in [0, 0.1) is 5.92 Å². The smallest absolute Gasteiger partial charge is 0.261 e. The molecule has 7 heteroatoms. The van der Waals surface area contributed by atoms with Gasteiger partial charge in [0.15, 0.2) is 0 Å². The van der Waals surface area contributed by atoms with E-state index in [1.54, 1.807) is 0 Å². The van der Waals surface area contributed by atoms with E-state index in [0.29, 0.717) is 12.0 Å². The SMILES string of the molecule is CC(C)[C@@H](CO)NC(=O)c1ccc2c(c1)C(=O)N(CCc1c[nH]c3ccccc13)C2=O. The maximum atomic E-state index is 12.9. The Morgan fingerprint density at radius 1 is 1.10 bits per heavy atom. The molecule has 0 unspecified atom stereocenters. The van der Waals surface area contributed by atoms with E-state index in [2.05, 4.69) is 10.3 Å². The van der Waals surface area contributed by atoms with Crippen LogP contribution in [0.5, 0.6) is 0 Å². The normalized spacial score (nSPS) is 14.4. The van der Waals surface area contributed by atoms with Crippen LogP contribution in [-0.2, 0) is 6.42 Å². The Labute approximate surface area is 180 Å². The highest BCUT2D eigenvalue weighted by Gasteiger charge is 2.36. The molecule has 2 heterocycles. The van der Waals surface area contributed by atoms with Crippen molar-refractivity contribution in [2.45, 2.75) is 26.3 Å². The Balaban J connectivity index is 1.50. The summed E-state index contributed by atoms with van der Waals surface area (Å²) >= 11 is 0. The maximum Gasteiger partial charge on any atom is 0.261 e. The molecule has 0 spiro atoms. The number of carbonyl (C=O) groups is 3. The number of aromatic nitrogens is 1. The Morgan fingerprint density at radius 3 is 2.58 bits per heavy atom. The number of imide groups is 1. The summed E-state index contributed by atoms with van der Waals surface area (Å²) in [7, 11) is 0. The van der Waals surface area contributed by atoms with Gasteiger partial charge >= 0.3 is 0 Å². The monoisotopic (exact) mass is 419 g/mol. The third kappa shape index (κ3) is 3.84. The molecule has 31 heavy (non-hydrogen) atoms. The summed E-state index contributed by atoms with van der Waals surface area (Å²) in [6.45, 7) is 3.89. The van der Waals surface area contributed by atoms with E-state index in [0.717, 1.165) is 16.5 Å². The standard InChI is InChI=1S/C24H25N3O4/c1-14(2)21(13-28)26-22(29)15-7-8-18-19(11-15)24(31)27(23(18)30)10-9-16-12-25-20-6-4-3-5-17(16)20/h3-8,11-12,14,21,25,28H,9-10,13H2,1-2H3,(H,26,29)/t21-/m1/s1. The summed E-state index contributed by atoms with van der Waals surface area (Å²) < 4.78 is 0. The number of hydrogen-bond acceptors (Lipinski definition) is 4. The van der Waals surface area contributed by atoms with Crippen molar-refractivity contribution in [3.8, 4) is 0 Å². The lowest BCUT2D eigenvalue weighted by atomic mass is 10.0. The zero-order valence-electron chi connectivity index (χ0n) is 17.5. The highest BCUT2D eigenvalue weighted by atomic mass is 16.3. The van der Waals surface area contributed by atoms with Crippen LogP contribution in [0.3, 0.4) is 0 Å². The van der Waals surface area contributed by atoms with Gasteiger partial charge in [0, 0.05) is 29.2 Å². The van der Waals surface area contributed by atoms with Crippen LogP contribution in [0.2, 0.25) is 0 Å². The number of nitrogens with zero attached hydrogens (tertiary/aromatic N) is 1. The van der Waals surface area contributed by atoms with Crippen LogP contribution in [0.15, 0.2) is 48.7 Å². The molecule has 160 valence electrons. The molecule has 2 aromatic carbocycles. The molecule has 1 aliphatic rings. The molecule has 0 saturated heterocycles. The zero-order valence-corrected chi connectivity index (χ0v) is 17.5. The van der Waals surface area contributed by atoms with Crippen LogP contribution in [-0.4, -0.2) is 51.9 Å². The maximum absolute atomic E-state index is 12.9. The molecule has 1 atom stereocenters. The van der Waals surface area contributed by atoms with Crippen molar-refractivity contribution in [2.24, 2.45) is 5.92 Å². The number of aliphatic hydroxyl groups excluding tert-OH is 1. The Morgan fingerprint density at radius 2 is 1.84 bits per heavy atom. The van der Waals surface area contributed by atoms with Gasteiger partial charge in [-0.15, -0.1) is 0 Å². The molecule has 3 aromatic rings. The van der Waals surface area contributed by atoms with Crippen molar-refractivity contribution in [3.05, 3.63) is 70.9 Å². The lowest BCUT2D eigenvalue weighted by molar-refractivity contribution is 0.0656. The highest BCUT2D eigenvalue weighted by molar-refractivity contribution is 6.22. The fraction of sp³-hybridized carbons (Fsp3) is 0.292. The number of aliphatic hydroxyl groups is 1. The van der Waals surface area contributed by atoms with E-state index in [1.165, 1.54) is 23.1 Å². The summed E-state index contributed by atoms with van der Waals surface area (Å²) in [5.41, 5.74) is 2.89. The number of nitrogens with one attached hydrogen (secondary N) is 2. The third-order valence-corrected chi connectivity index (χ3v) is 5.83. The number of aromatic amines is 1. The molecule has 3 amide bonds. The Kier molecular flexibility index (Phi) is 5.61. The quantitative estimate of drug-likeness (QED) is 0.513. The average Bonchev–Trinajstić information content (AvgIpc) is 3.29. The van der Waals surface area contributed by atoms with Gasteiger partial charge in [-0.05, 0) is 42.2 Å². The summed E-state index contributed by atoms with van der Waals surface area (Å²) in [4.78, 5) is 42.7. The molecule has 0 fully saturated rings. The number of carbonyl (C=O) groups excluding carboxylic acids is 3. The number of H-pyrrole nitrogens is 1. The van der Waals surface area contributed by atoms with Gasteiger partial charge in [0.05, 0.1) is 23.8 Å². The van der Waals surface area contributed by atoms with Crippen molar-refractivity contribution < 1.29 is 19.5 Å². The number of rotatable bonds is 7. The minimum atomic E-state index is -0.392. The summed E-state index contributed by atoms with van der Waals surface area (Å²) in [6, 6.07) is 12.0. The van der Waals surface area contributed by atoms with Gasteiger partial charge in [0.1, 0.15) is 0 Å². The van der Waals surface area contributed by atoms with E-state index < -0.39 is 5.91 Å². The third-order valence-electron chi connectivity index (χ3n) is 5.83. The van der Waals surface area contributed by atoms with E-state index in [1.807, 2.05) is 44.3 Å². The zero-order chi connectivity index (χ0) is 22.1. The first-order valence-corrected chi connectivity index (χ1v) is 10.4. The highest BCUT2D eigenvalue weighted by Crippen LogP contribution is 2.25. The Bertz CT molecular complexity index is 1160. The van der Waals surface area contributed by atoms with E-state index in [9.17, 15) is 19.5 Å². The predicted molar refractivity (Wildman–Crippen MR) is 117 cm³/mol. The molecule has 4 rings (SSSR count). The average molecular weight is 419 g/mol. The summed E-state index contributed by atoms with van der Waals surface area (Å²) in [5.74, 6) is -1.06. The van der Waals surface area contributed by atoms with Crippen LogP contribution in [0.1, 0.15) is 50.5 Å². The van der Waals surface area contributed by atoms with Gasteiger partial charge in [-0.1, -0.05) is 32.0 Å². The molecule has 0 saturated carbocycles. The summed E-state index contributed by atoms with van der Waals surface area (Å²) in [5, 5.41) is 13.3. The van der Waals surface area contributed by atoms with Crippen molar-refractivity contribution in [1.82, 2.24) is 15.2 Å². The minimum Gasteiger partial charge on any atom is -0.394 e. The van der Waals surface area contributed by atoms with Crippen LogP contribution in [0.4, 0.5) is 0 Å². The number of hydrogen-bond donors (Lipinski definition) is 3. The number of benzene rings is 2. The first kappa shape index (κ1) is 20.8. The fourth-order valence-electron chi connectivity index (χ4n) is 3.88. The van der Waals surface area contributed by atoms with Gasteiger partial charge in [-0.2, -0.15) is 0 Å². The van der Waals surface area contributed by atoms with Crippen molar-refractivity contribution in [1.29, 1.82) is 0 Å². The Hall–Kier alpha value is -3.45. The molecule has 1 aromatic heterocycles. The first-order valence-electron chi connectivity index (χ1n) is 10.4. The molecular formula is C24H25N3O4. The van der Waals surface area contributed by atoms with E-state index in [4.69, 9.17) is 0 Å². The molecule has 0 radical (unpaired) electrons. The van der Waals surface area contributed by atoms with E-state index >= 15 is 0 Å². The lowest BCUT2D eigenvalue weighted by Gasteiger charge is -2.19. The van der Waals surface area contributed by atoms with Gasteiger partial charge in [-0.3, -0.25) is 19.3 Å². The topological polar surface area (TPSA) is 102 Å². The molecule has 7 nitrogen and oxygen atoms in total. The second-order valence-electron chi connectivity index (χ2n) is 8.14. The molecule has 0 aliphatic carbocycles. The molecule has 0 bridgehead atoms. The molecule has 1 aliphatic heterocycles. The van der Waals surface area contributed by atoms with Crippen LogP contribution >= 0.6 is 0 Å². The first-order chi connectivity index (χ1) is 14.9.